The van der Waals surface area contributed by atoms with Gasteiger partial charge in [-0.1, -0.05) is 216 Å². The predicted molar refractivity (Wildman–Crippen MR) is 385 cm³/mol. The van der Waals surface area contributed by atoms with Crippen molar-refractivity contribution in [2.24, 2.45) is 0 Å². The third kappa shape index (κ3) is 20.0. The SMILES string of the molecule is C=Cc1ccc(Cn2c(CN(Cc3nc4ccccc4n3Cc3ccc(C=C)cc3)CC(O)CN(Cc3nc4ccccc4n3Cc3ccc(C=C)cc3)Cc3nc4ccccc4n3Cc3ccc(C=C)cc3)nc3ccccc32)cc1.CC(=O)O.CCCCCS(=O)(=O)O.[Co].[Co]. The van der Waals surface area contributed by atoms with Crippen molar-refractivity contribution in [2.45, 2.75) is 91.6 Å². The fraction of sp³-hybridized carbons (Fsp3) is 0.218. The number of hydrogen-bond donors (Lipinski definition) is 3. The Kier molecular flexibility index (Phi) is 26.7. The van der Waals surface area contributed by atoms with Gasteiger partial charge < -0.3 is 28.5 Å². The molecule has 2 radical (unpaired) electrons. The average Bonchev–Trinajstić information content (AvgIpc) is 1.67. The molecule has 16 nitrogen and oxygen atoms in total. The van der Waals surface area contributed by atoms with Gasteiger partial charge >= 0.3 is 0 Å². The van der Waals surface area contributed by atoms with Gasteiger partial charge in [0.25, 0.3) is 16.1 Å². The van der Waals surface area contributed by atoms with E-state index in [9.17, 15) is 13.5 Å². The van der Waals surface area contributed by atoms with Crippen LogP contribution in [0.5, 0.6) is 0 Å². The summed E-state index contributed by atoms with van der Waals surface area (Å²) >= 11 is 0. The Morgan fingerprint density at radius 1 is 0.443 bits per heavy atom. The predicted octanol–water partition coefficient (Wildman–Crippen LogP) is 15.1. The molecule has 0 spiro atoms. The molecule has 0 bridgehead atoms. The molecule has 0 aliphatic carbocycles. The maximum atomic E-state index is 13.1. The summed E-state index contributed by atoms with van der Waals surface area (Å²) in [4.78, 5) is 35.0. The van der Waals surface area contributed by atoms with Crippen LogP contribution in [0.1, 0.15) is 101 Å². The first-order valence-electron chi connectivity index (χ1n) is 32.0. The molecule has 0 fully saturated rings. The number of carbonyl (C=O) groups is 1. The van der Waals surface area contributed by atoms with Gasteiger partial charge in [0.1, 0.15) is 23.3 Å². The van der Waals surface area contributed by atoms with E-state index in [4.69, 9.17) is 34.4 Å². The number of fused-ring (bicyclic) bond motifs is 4. The van der Waals surface area contributed by atoms with E-state index in [1.807, 2.05) is 55.5 Å². The maximum absolute atomic E-state index is 13.1. The van der Waals surface area contributed by atoms with E-state index in [2.05, 4.69) is 224 Å². The number of imidazole rings is 4. The van der Waals surface area contributed by atoms with Crippen molar-refractivity contribution in [2.75, 3.05) is 18.8 Å². The van der Waals surface area contributed by atoms with Crippen LogP contribution in [0.4, 0.5) is 0 Å². The third-order valence-electron chi connectivity index (χ3n) is 16.6. The molecule has 4 heterocycles. The number of benzene rings is 8. The van der Waals surface area contributed by atoms with E-state index in [0.717, 1.165) is 132 Å². The summed E-state index contributed by atoms with van der Waals surface area (Å²) in [7, 11) is -3.70. The van der Waals surface area contributed by atoms with E-state index < -0.39 is 22.2 Å². The normalized spacial score (nSPS) is 11.3. The average molecular weight is 1410 g/mol. The molecule has 12 rings (SSSR count). The second kappa shape index (κ2) is 35.2. The van der Waals surface area contributed by atoms with Gasteiger partial charge in [-0.25, -0.2) is 19.9 Å². The van der Waals surface area contributed by atoms with E-state index in [0.29, 0.717) is 71.9 Å². The second-order valence-electron chi connectivity index (χ2n) is 23.7. The molecule has 3 N–H and O–H groups in total. The smallest absolute Gasteiger partial charge is 0.300 e. The van der Waals surface area contributed by atoms with Crippen molar-refractivity contribution >= 4 is 84.5 Å². The van der Waals surface area contributed by atoms with Crippen LogP contribution in [-0.2, 0) is 101 Å². The number of hydrogen-bond acceptors (Lipinski definition) is 10. The Balaban J connectivity index is 0.000000731. The number of unbranched alkanes of at least 4 members (excludes halogenated alkanes) is 2. The largest absolute Gasteiger partial charge is 0.481 e. The minimum absolute atomic E-state index is 0. The zero-order chi connectivity index (χ0) is 66.8. The standard InChI is InChI=1S/C71H66N10O.C5H12O3S.C2H4O2.2Co/c1-5-51-25-33-55(34-26-51)41-78-64-21-13-9-17-60(64)72-68(78)47-76(48-69-73-61-18-10-14-22-65(61)79(69)42-56-35-27-52(6-2)28-36-56)45-59(82)46-77(49-70-74-62-19-11-15-23-66(62)80(70)43-57-37-29-53(7-3)30-38-57)50-71-75-63-20-12-16-24-67(63)81(71)44-58-39-31-54(8-4)32-40-58;1-2-3-4-5-9(6,7)8;1-2(3)4;;/h5-40,59,82H,1-4,41-50H2;2-5H2,1H3,(H,6,7,8);1H3,(H,3,4);;. The van der Waals surface area contributed by atoms with Crippen molar-refractivity contribution in [3.63, 3.8) is 0 Å². The molecule has 0 atom stereocenters. The first-order valence-corrected chi connectivity index (χ1v) is 33.6. The van der Waals surface area contributed by atoms with Crippen molar-refractivity contribution in [3.05, 3.63) is 288 Å². The molecule has 19 heteroatoms. The number of para-hydroxylation sites is 8. The summed E-state index contributed by atoms with van der Waals surface area (Å²) in [6.07, 6.45) is 9.03. The molecule has 12 aromatic rings. The summed E-state index contributed by atoms with van der Waals surface area (Å²) in [5, 5.41) is 20.5. The van der Waals surface area contributed by atoms with Crippen LogP contribution in [0.3, 0.4) is 0 Å². The van der Waals surface area contributed by atoms with Crippen molar-refractivity contribution in [1.82, 2.24) is 48.0 Å². The van der Waals surface area contributed by atoms with Gasteiger partial charge in [0.2, 0.25) is 0 Å². The topological polar surface area (TPSA) is 190 Å². The minimum Gasteiger partial charge on any atom is -0.481 e. The summed E-state index contributed by atoms with van der Waals surface area (Å²) in [5.74, 6) is 2.65. The summed E-state index contributed by atoms with van der Waals surface area (Å²) < 4.78 is 37.6. The molecule has 4 aromatic heterocycles. The van der Waals surface area contributed by atoms with Crippen LogP contribution in [0.25, 0.3) is 68.4 Å². The number of aliphatic hydroxyl groups is 1. The summed E-state index contributed by atoms with van der Waals surface area (Å²) in [6, 6.07) is 67.5. The van der Waals surface area contributed by atoms with Crippen LogP contribution in [-0.4, -0.2) is 102 Å². The molecular formula is C78H82Co2N10O6S. The molecule has 8 aromatic carbocycles. The van der Waals surface area contributed by atoms with E-state index >= 15 is 0 Å². The molecule has 97 heavy (non-hydrogen) atoms. The van der Waals surface area contributed by atoms with Crippen molar-refractivity contribution in [3.8, 4) is 0 Å². The zero-order valence-corrected chi connectivity index (χ0v) is 57.6. The van der Waals surface area contributed by atoms with E-state index in [1.165, 1.54) is 0 Å². The first kappa shape index (κ1) is 73.7. The van der Waals surface area contributed by atoms with Gasteiger partial charge in [0.05, 0.1) is 82.2 Å². The summed E-state index contributed by atoms with van der Waals surface area (Å²) in [6.45, 7) is 23.9. The molecule has 0 saturated carbocycles. The fourth-order valence-corrected chi connectivity index (χ4v) is 12.4. The number of rotatable bonds is 28. The monoisotopic (exact) mass is 1400 g/mol. The number of nitrogens with zero attached hydrogens (tertiary/aromatic N) is 10. The molecule has 0 saturated heterocycles. The maximum Gasteiger partial charge on any atom is 0.300 e. The van der Waals surface area contributed by atoms with Gasteiger partial charge in [0, 0.05) is 79.7 Å². The number of carboxylic acids is 1. The van der Waals surface area contributed by atoms with Gasteiger partial charge in [-0.3, -0.25) is 19.1 Å². The van der Waals surface area contributed by atoms with Crippen molar-refractivity contribution in [1.29, 1.82) is 0 Å². The van der Waals surface area contributed by atoms with Crippen LogP contribution >= 0.6 is 0 Å². The molecule has 0 unspecified atom stereocenters. The van der Waals surface area contributed by atoms with Gasteiger partial charge in [-0.15, -0.1) is 0 Å². The Morgan fingerprint density at radius 3 is 0.897 bits per heavy atom. The first-order chi connectivity index (χ1) is 46.1. The number of carboxylic acid groups (broad SMARTS) is 1. The number of aliphatic carboxylic acids is 1. The van der Waals surface area contributed by atoms with Crippen molar-refractivity contribution < 1.29 is 61.5 Å². The molecular weight excluding hydrogens is 1320 g/mol. The third-order valence-corrected chi connectivity index (χ3v) is 17.4. The minimum atomic E-state index is -3.70. The molecule has 504 valence electrons. The number of aromatic nitrogens is 8. The van der Waals surface area contributed by atoms with Crippen LogP contribution in [0.15, 0.2) is 220 Å². The Morgan fingerprint density at radius 2 is 0.680 bits per heavy atom. The zero-order valence-electron chi connectivity index (χ0n) is 54.7. The molecule has 0 aliphatic heterocycles. The van der Waals surface area contributed by atoms with Crippen LogP contribution < -0.4 is 0 Å². The quantitative estimate of drug-likeness (QED) is 0.0311. The molecule has 0 amide bonds. The van der Waals surface area contributed by atoms with E-state index in [-0.39, 0.29) is 39.3 Å². The summed E-state index contributed by atoms with van der Waals surface area (Å²) in [5.41, 5.74) is 16.8. The second-order valence-corrected chi connectivity index (χ2v) is 25.3. The Bertz CT molecular complexity index is 4170. The van der Waals surface area contributed by atoms with Crippen LogP contribution in [0, 0.1) is 0 Å². The van der Waals surface area contributed by atoms with Gasteiger partial charge in [0.15, 0.2) is 0 Å². The number of aliphatic hydroxyl groups excluding tert-OH is 1. The molecule has 0 aliphatic rings. The van der Waals surface area contributed by atoms with Gasteiger partial charge in [-0.05, 0) is 99.5 Å². The Labute approximate surface area is 588 Å². The van der Waals surface area contributed by atoms with E-state index in [1.54, 1.807) is 0 Å². The van der Waals surface area contributed by atoms with Crippen LogP contribution in [0.2, 0.25) is 0 Å². The van der Waals surface area contributed by atoms with Gasteiger partial charge in [-0.2, -0.15) is 8.42 Å². The fourth-order valence-electron chi connectivity index (χ4n) is 11.8. The Hall–Kier alpha value is -9.13.